The maximum atomic E-state index is 4.68. The number of allylic oxidation sites excluding steroid dienone is 4. The maximum Gasteiger partial charge on any atom is 0.0660 e. The second kappa shape index (κ2) is 10.4. The summed E-state index contributed by atoms with van der Waals surface area (Å²) in [5, 5.41) is 0. The van der Waals surface area contributed by atoms with E-state index < -0.39 is 0 Å². The average molecular weight is 413 g/mol. The van der Waals surface area contributed by atoms with Gasteiger partial charge in [-0.3, -0.25) is 4.99 Å². The predicted molar refractivity (Wildman–Crippen MR) is 137 cm³/mol. The highest BCUT2D eigenvalue weighted by Gasteiger charge is 2.25. The first-order chi connectivity index (χ1) is 14.9. The third-order valence-corrected chi connectivity index (χ3v) is 5.76. The Morgan fingerprint density at radius 2 is 1.90 bits per heavy atom. The van der Waals surface area contributed by atoms with E-state index in [1.54, 1.807) is 0 Å². The molecule has 0 radical (unpaired) electrons. The van der Waals surface area contributed by atoms with Gasteiger partial charge in [0.2, 0.25) is 0 Å². The molecule has 0 aromatic heterocycles. The zero-order chi connectivity index (χ0) is 22.4. The number of benzene rings is 2. The van der Waals surface area contributed by atoms with Crippen LogP contribution in [0.4, 0.5) is 17.1 Å². The molecule has 0 amide bonds. The van der Waals surface area contributed by atoms with Crippen molar-refractivity contribution in [3.05, 3.63) is 90.0 Å². The molecule has 1 aliphatic rings. The molecule has 0 saturated heterocycles. The van der Waals surface area contributed by atoms with Gasteiger partial charge < -0.3 is 4.90 Å². The molecule has 1 fully saturated rings. The molecule has 0 heterocycles. The molecule has 0 spiro atoms. The fourth-order valence-corrected chi connectivity index (χ4v) is 3.85. The fourth-order valence-electron chi connectivity index (χ4n) is 3.85. The second-order valence-electron chi connectivity index (χ2n) is 9.02. The molecular weight excluding hydrogens is 376 g/mol. The van der Waals surface area contributed by atoms with Crippen molar-refractivity contribution in [2.75, 3.05) is 11.4 Å². The van der Waals surface area contributed by atoms with Gasteiger partial charge in [0, 0.05) is 24.1 Å². The minimum Gasteiger partial charge on any atom is -0.341 e. The van der Waals surface area contributed by atoms with E-state index in [0.29, 0.717) is 5.92 Å². The summed E-state index contributed by atoms with van der Waals surface area (Å²) in [5.41, 5.74) is 7.97. The van der Waals surface area contributed by atoms with Crippen molar-refractivity contribution in [1.29, 1.82) is 0 Å². The third-order valence-electron chi connectivity index (χ3n) is 5.76. The number of hydrogen-bond donors (Lipinski definition) is 0. The monoisotopic (exact) mass is 412 g/mol. The zero-order valence-electron chi connectivity index (χ0n) is 19.6. The van der Waals surface area contributed by atoms with Crippen LogP contribution in [0, 0.1) is 18.8 Å². The van der Waals surface area contributed by atoms with E-state index in [4.69, 9.17) is 0 Å². The summed E-state index contributed by atoms with van der Waals surface area (Å²) in [4.78, 5) is 7.17. The number of nitrogens with zero attached hydrogens (tertiary/aromatic N) is 2. The Hall–Kier alpha value is -2.87. The first-order valence-corrected chi connectivity index (χ1v) is 11.4. The summed E-state index contributed by atoms with van der Waals surface area (Å²) >= 11 is 0. The van der Waals surface area contributed by atoms with Gasteiger partial charge in [0.1, 0.15) is 0 Å². The van der Waals surface area contributed by atoms with Crippen LogP contribution in [-0.2, 0) is 6.42 Å². The molecule has 1 aliphatic carbocycles. The number of hydrogen-bond acceptors (Lipinski definition) is 2. The molecule has 0 aliphatic heterocycles. The van der Waals surface area contributed by atoms with Gasteiger partial charge in [0.25, 0.3) is 0 Å². The molecule has 2 nitrogen and oxygen atoms in total. The van der Waals surface area contributed by atoms with Gasteiger partial charge in [0.05, 0.1) is 5.69 Å². The van der Waals surface area contributed by atoms with Crippen molar-refractivity contribution >= 4 is 23.3 Å². The molecule has 0 unspecified atom stereocenters. The standard InChI is InChI=1S/C29H36N2/c1-7-26(8-2)23(6)19-30-29-15-14-28(17-22(29)5)31(20-24-12-13-24)27-11-9-10-25(18-27)16-21(3)4/h7-11,14-15,17-19,21,24H,1,6,12-13,16,20H2,2-5H3/b26-8+,30-19?. The van der Waals surface area contributed by atoms with Crippen molar-refractivity contribution in [3.8, 4) is 0 Å². The van der Waals surface area contributed by atoms with Crippen LogP contribution in [0.15, 0.2) is 83.9 Å². The van der Waals surface area contributed by atoms with E-state index in [1.165, 1.54) is 35.3 Å². The van der Waals surface area contributed by atoms with Crippen molar-refractivity contribution in [2.45, 2.75) is 47.0 Å². The van der Waals surface area contributed by atoms with Crippen molar-refractivity contribution < 1.29 is 0 Å². The maximum absolute atomic E-state index is 4.68. The molecule has 162 valence electrons. The summed E-state index contributed by atoms with van der Waals surface area (Å²) in [6.45, 7) is 17.7. The molecule has 2 heteroatoms. The lowest BCUT2D eigenvalue weighted by atomic mass is 10.0. The summed E-state index contributed by atoms with van der Waals surface area (Å²) < 4.78 is 0. The largest absolute Gasteiger partial charge is 0.341 e. The van der Waals surface area contributed by atoms with Gasteiger partial charge in [-0.05, 0) is 97.6 Å². The Morgan fingerprint density at radius 1 is 1.16 bits per heavy atom. The number of aliphatic imine (C=N–C) groups is 1. The first kappa shape index (κ1) is 22.8. The normalized spacial score (nSPS) is 14.3. The number of rotatable bonds is 10. The molecular formula is C29H36N2. The molecule has 31 heavy (non-hydrogen) atoms. The Balaban J connectivity index is 1.87. The van der Waals surface area contributed by atoms with Gasteiger partial charge in [-0.25, -0.2) is 0 Å². The average Bonchev–Trinajstić information content (AvgIpc) is 3.56. The van der Waals surface area contributed by atoms with Gasteiger partial charge in [-0.15, -0.1) is 0 Å². The molecule has 2 aromatic rings. The van der Waals surface area contributed by atoms with Crippen LogP contribution in [0.25, 0.3) is 0 Å². The highest BCUT2D eigenvalue weighted by atomic mass is 15.1. The van der Waals surface area contributed by atoms with E-state index in [0.717, 1.165) is 35.7 Å². The molecule has 1 saturated carbocycles. The molecule has 0 bridgehead atoms. The summed E-state index contributed by atoms with van der Waals surface area (Å²) in [5.74, 6) is 1.46. The quantitative estimate of drug-likeness (QED) is 0.284. The smallest absolute Gasteiger partial charge is 0.0660 e. The SMILES string of the molecule is C=C/C(=C\C)C(=C)C=Nc1ccc(N(CC2CC2)c2cccc(CC(C)C)c2)cc1C. The summed E-state index contributed by atoms with van der Waals surface area (Å²) in [6.07, 6.45) is 9.43. The van der Waals surface area contributed by atoms with Gasteiger partial charge in [-0.2, -0.15) is 0 Å². The lowest BCUT2D eigenvalue weighted by molar-refractivity contribution is 0.647. The van der Waals surface area contributed by atoms with Crippen LogP contribution in [0.5, 0.6) is 0 Å². The number of anilines is 2. The van der Waals surface area contributed by atoms with Gasteiger partial charge in [-0.1, -0.05) is 51.3 Å². The van der Waals surface area contributed by atoms with Crippen molar-refractivity contribution in [1.82, 2.24) is 0 Å². The highest BCUT2D eigenvalue weighted by molar-refractivity contribution is 5.87. The Labute approximate surface area is 188 Å². The first-order valence-electron chi connectivity index (χ1n) is 11.4. The van der Waals surface area contributed by atoms with Crippen LogP contribution in [-0.4, -0.2) is 12.8 Å². The summed E-state index contributed by atoms with van der Waals surface area (Å²) in [7, 11) is 0. The molecule has 0 N–H and O–H groups in total. The second-order valence-corrected chi connectivity index (χ2v) is 9.02. The Morgan fingerprint density at radius 3 is 2.52 bits per heavy atom. The Kier molecular flexibility index (Phi) is 7.68. The van der Waals surface area contributed by atoms with Crippen LogP contribution >= 0.6 is 0 Å². The molecule has 0 atom stereocenters. The van der Waals surface area contributed by atoms with Crippen LogP contribution < -0.4 is 4.90 Å². The number of aryl methyl sites for hydroxylation is 1. The van der Waals surface area contributed by atoms with Crippen LogP contribution in [0.2, 0.25) is 0 Å². The lowest BCUT2D eigenvalue weighted by Crippen LogP contribution is -2.20. The minimum absolute atomic E-state index is 0.658. The van der Waals surface area contributed by atoms with E-state index in [1.807, 2.05) is 25.3 Å². The van der Waals surface area contributed by atoms with Crippen LogP contribution in [0.1, 0.15) is 44.7 Å². The van der Waals surface area contributed by atoms with E-state index in [2.05, 4.69) is 86.3 Å². The van der Waals surface area contributed by atoms with E-state index in [-0.39, 0.29) is 0 Å². The fraction of sp³-hybridized carbons (Fsp3) is 0.345. The zero-order valence-corrected chi connectivity index (χ0v) is 19.6. The van der Waals surface area contributed by atoms with Crippen molar-refractivity contribution in [3.63, 3.8) is 0 Å². The molecule has 3 rings (SSSR count). The van der Waals surface area contributed by atoms with Gasteiger partial charge in [0.15, 0.2) is 0 Å². The van der Waals surface area contributed by atoms with E-state index in [9.17, 15) is 0 Å². The van der Waals surface area contributed by atoms with E-state index >= 15 is 0 Å². The topological polar surface area (TPSA) is 15.6 Å². The highest BCUT2D eigenvalue weighted by Crippen LogP contribution is 2.37. The molecule has 2 aromatic carbocycles. The summed E-state index contributed by atoms with van der Waals surface area (Å²) in [6, 6.07) is 15.6. The van der Waals surface area contributed by atoms with Crippen molar-refractivity contribution in [2.24, 2.45) is 16.8 Å². The van der Waals surface area contributed by atoms with Crippen LogP contribution in [0.3, 0.4) is 0 Å². The Bertz CT molecular complexity index is 990. The predicted octanol–water partition coefficient (Wildman–Crippen LogP) is 8.13. The minimum atomic E-state index is 0.658. The third kappa shape index (κ3) is 6.30. The lowest BCUT2D eigenvalue weighted by Gasteiger charge is -2.26. The van der Waals surface area contributed by atoms with Gasteiger partial charge >= 0.3 is 0 Å².